The first kappa shape index (κ1) is 24.1. The summed E-state index contributed by atoms with van der Waals surface area (Å²) in [6.07, 6.45) is -0.145. The Balaban J connectivity index is 2.08. The number of aromatic nitrogens is 1. The number of benzene rings is 1. The average molecular weight is 432 g/mol. The molecular formula is C22H28N2O7. The van der Waals surface area contributed by atoms with Gasteiger partial charge in [0.25, 0.3) is 0 Å². The highest BCUT2D eigenvalue weighted by molar-refractivity contribution is 5.90. The van der Waals surface area contributed by atoms with Crippen molar-refractivity contribution in [2.75, 3.05) is 14.1 Å². The molecule has 2 rings (SSSR count). The number of aliphatic hydroxyl groups is 1. The van der Waals surface area contributed by atoms with Crippen molar-refractivity contribution in [3.8, 4) is 5.88 Å². The van der Waals surface area contributed by atoms with Crippen molar-refractivity contribution in [2.24, 2.45) is 0 Å². The van der Waals surface area contributed by atoms with Crippen LogP contribution < -0.4 is 4.74 Å². The number of carboxylic acids is 1. The maximum atomic E-state index is 12.7. The molecule has 0 bridgehead atoms. The zero-order valence-corrected chi connectivity index (χ0v) is 17.9. The first-order valence-corrected chi connectivity index (χ1v) is 9.78. The molecule has 0 aliphatic carbocycles. The van der Waals surface area contributed by atoms with Gasteiger partial charge in [-0.2, -0.15) is 0 Å². The summed E-state index contributed by atoms with van der Waals surface area (Å²) >= 11 is 0. The molecule has 0 spiro atoms. The average Bonchev–Trinajstić information content (AvgIpc) is 3.13. The lowest BCUT2D eigenvalue weighted by Gasteiger charge is -2.25. The van der Waals surface area contributed by atoms with E-state index in [1.54, 1.807) is 41.1 Å². The molecular weight excluding hydrogens is 404 g/mol. The number of hydrogen-bond acceptors (Lipinski definition) is 7. The standard InChI is InChI=1S/C22H28N2O7/c1-16(23(2)3)14-24-11-7-10-18(24)31-21(28)22(29,12-19(25)26)13-20(27)30-15-17-8-5-4-6-9-17/h4-11,16,29H,12-15H2,1-3H3,(H,25,26). The van der Waals surface area contributed by atoms with E-state index < -0.39 is 36.4 Å². The van der Waals surface area contributed by atoms with Crippen molar-refractivity contribution < 1.29 is 34.1 Å². The van der Waals surface area contributed by atoms with Gasteiger partial charge < -0.3 is 29.2 Å². The number of hydrogen-bond donors (Lipinski definition) is 2. The number of carboxylic acid groups (broad SMARTS) is 1. The van der Waals surface area contributed by atoms with Gasteiger partial charge in [0.15, 0.2) is 5.60 Å². The molecule has 168 valence electrons. The predicted octanol–water partition coefficient (Wildman–Crippen LogP) is 1.68. The van der Waals surface area contributed by atoms with Crippen LogP contribution in [-0.4, -0.2) is 63.3 Å². The van der Waals surface area contributed by atoms with Gasteiger partial charge in [0.1, 0.15) is 6.61 Å². The van der Waals surface area contributed by atoms with Crippen LogP contribution in [0.15, 0.2) is 48.7 Å². The summed E-state index contributed by atoms with van der Waals surface area (Å²) in [5.74, 6) is -3.46. The molecule has 2 N–H and O–H groups in total. The largest absolute Gasteiger partial charge is 0.481 e. The molecule has 2 unspecified atom stereocenters. The second-order valence-electron chi connectivity index (χ2n) is 7.63. The lowest BCUT2D eigenvalue weighted by atomic mass is 9.95. The predicted molar refractivity (Wildman–Crippen MR) is 111 cm³/mol. The number of ether oxygens (including phenoxy) is 2. The monoisotopic (exact) mass is 432 g/mol. The molecule has 0 amide bonds. The molecule has 9 heteroatoms. The first-order valence-electron chi connectivity index (χ1n) is 9.78. The third-order valence-electron chi connectivity index (χ3n) is 4.83. The maximum absolute atomic E-state index is 12.7. The number of nitrogens with zero attached hydrogens (tertiary/aromatic N) is 2. The van der Waals surface area contributed by atoms with Gasteiger partial charge >= 0.3 is 17.9 Å². The smallest absolute Gasteiger partial charge is 0.346 e. The molecule has 2 atom stereocenters. The molecule has 0 fully saturated rings. The van der Waals surface area contributed by atoms with Crippen LogP contribution in [-0.2, 0) is 32.3 Å². The van der Waals surface area contributed by atoms with Crippen LogP contribution in [0.3, 0.4) is 0 Å². The highest BCUT2D eigenvalue weighted by Gasteiger charge is 2.43. The Morgan fingerprint density at radius 2 is 1.77 bits per heavy atom. The summed E-state index contributed by atoms with van der Waals surface area (Å²) in [4.78, 5) is 38.1. The Kier molecular flexibility index (Phi) is 8.35. The van der Waals surface area contributed by atoms with Crippen molar-refractivity contribution in [3.05, 3.63) is 54.2 Å². The van der Waals surface area contributed by atoms with Gasteiger partial charge in [0.05, 0.1) is 12.8 Å². The second kappa shape index (κ2) is 10.7. The minimum absolute atomic E-state index is 0.0663. The fourth-order valence-corrected chi connectivity index (χ4v) is 2.76. The molecule has 0 saturated carbocycles. The van der Waals surface area contributed by atoms with E-state index in [9.17, 15) is 19.5 Å². The van der Waals surface area contributed by atoms with E-state index in [4.69, 9.17) is 14.6 Å². The lowest BCUT2D eigenvalue weighted by molar-refractivity contribution is -0.170. The normalized spacial score (nSPS) is 14.0. The number of aliphatic carboxylic acids is 1. The highest BCUT2D eigenvalue weighted by atomic mass is 16.6. The van der Waals surface area contributed by atoms with E-state index in [0.717, 1.165) is 0 Å². The van der Waals surface area contributed by atoms with Crippen molar-refractivity contribution in [1.82, 2.24) is 9.47 Å². The van der Waals surface area contributed by atoms with Gasteiger partial charge in [0.2, 0.25) is 5.88 Å². The van der Waals surface area contributed by atoms with E-state index in [1.807, 2.05) is 32.0 Å². The summed E-state index contributed by atoms with van der Waals surface area (Å²) in [6.45, 7) is 2.41. The molecule has 1 aromatic carbocycles. The van der Waals surface area contributed by atoms with E-state index in [2.05, 4.69) is 0 Å². The van der Waals surface area contributed by atoms with Gasteiger partial charge in [-0.1, -0.05) is 30.3 Å². The van der Waals surface area contributed by atoms with Crippen LogP contribution in [0.1, 0.15) is 25.3 Å². The SMILES string of the molecule is CC(Cn1cccc1OC(=O)C(O)(CC(=O)O)CC(=O)OCc1ccccc1)N(C)C. The number of rotatable bonds is 11. The zero-order valence-electron chi connectivity index (χ0n) is 17.9. The van der Waals surface area contributed by atoms with E-state index in [0.29, 0.717) is 12.1 Å². The van der Waals surface area contributed by atoms with Crippen molar-refractivity contribution in [3.63, 3.8) is 0 Å². The number of esters is 2. The topological polar surface area (TPSA) is 118 Å². The molecule has 0 saturated heterocycles. The summed E-state index contributed by atoms with van der Waals surface area (Å²) in [5, 5.41) is 19.9. The van der Waals surface area contributed by atoms with E-state index >= 15 is 0 Å². The summed E-state index contributed by atoms with van der Waals surface area (Å²) in [7, 11) is 3.82. The minimum atomic E-state index is -2.57. The molecule has 1 aromatic heterocycles. The third kappa shape index (κ3) is 7.23. The van der Waals surface area contributed by atoms with Crippen LogP contribution in [0.5, 0.6) is 5.88 Å². The molecule has 0 radical (unpaired) electrons. The molecule has 1 heterocycles. The fraction of sp³-hybridized carbons (Fsp3) is 0.409. The van der Waals surface area contributed by atoms with E-state index in [1.165, 1.54) is 6.07 Å². The molecule has 0 aliphatic heterocycles. The molecule has 0 aliphatic rings. The zero-order chi connectivity index (χ0) is 23.0. The Bertz CT molecular complexity index is 894. The van der Waals surface area contributed by atoms with Crippen LogP contribution in [0.2, 0.25) is 0 Å². The Hall–Kier alpha value is -3.17. The van der Waals surface area contributed by atoms with Gasteiger partial charge in [-0.3, -0.25) is 9.59 Å². The van der Waals surface area contributed by atoms with E-state index in [-0.39, 0.29) is 18.5 Å². The minimum Gasteiger partial charge on any atom is -0.481 e. The Labute approximate surface area is 180 Å². The first-order chi connectivity index (χ1) is 14.6. The van der Waals surface area contributed by atoms with Crippen molar-refractivity contribution in [2.45, 2.75) is 44.6 Å². The summed E-state index contributed by atoms with van der Waals surface area (Å²) in [6, 6.07) is 12.1. The Morgan fingerprint density at radius 1 is 1.10 bits per heavy atom. The van der Waals surface area contributed by atoms with Crippen LogP contribution in [0, 0.1) is 0 Å². The van der Waals surface area contributed by atoms with Crippen LogP contribution in [0.4, 0.5) is 0 Å². The Morgan fingerprint density at radius 3 is 2.39 bits per heavy atom. The van der Waals surface area contributed by atoms with Gasteiger partial charge in [-0.05, 0) is 32.6 Å². The summed E-state index contributed by atoms with van der Waals surface area (Å²) < 4.78 is 12.0. The molecule has 9 nitrogen and oxygen atoms in total. The summed E-state index contributed by atoms with van der Waals surface area (Å²) in [5.41, 5.74) is -1.85. The quantitative estimate of drug-likeness (QED) is 0.515. The number of carbonyl (C=O) groups excluding carboxylic acids is 2. The van der Waals surface area contributed by atoms with Crippen molar-refractivity contribution in [1.29, 1.82) is 0 Å². The van der Waals surface area contributed by atoms with Gasteiger partial charge in [-0.15, -0.1) is 0 Å². The number of carbonyl (C=O) groups is 3. The maximum Gasteiger partial charge on any atom is 0.346 e. The third-order valence-corrected chi connectivity index (χ3v) is 4.83. The molecule has 2 aromatic rings. The second-order valence-corrected chi connectivity index (χ2v) is 7.63. The lowest BCUT2D eigenvalue weighted by Crippen LogP contribution is -2.46. The fourth-order valence-electron chi connectivity index (χ4n) is 2.76. The van der Waals surface area contributed by atoms with Crippen molar-refractivity contribution >= 4 is 17.9 Å². The molecule has 31 heavy (non-hydrogen) atoms. The van der Waals surface area contributed by atoms with Gasteiger partial charge in [-0.25, -0.2) is 4.79 Å². The highest BCUT2D eigenvalue weighted by Crippen LogP contribution is 2.23. The van der Waals surface area contributed by atoms with Crippen LogP contribution >= 0.6 is 0 Å². The van der Waals surface area contributed by atoms with Crippen LogP contribution in [0.25, 0.3) is 0 Å². The number of likely N-dealkylation sites (N-methyl/N-ethyl adjacent to an activating group) is 1. The van der Waals surface area contributed by atoms with Gasteiger partial charge in [0, 0.05) is 24.8 Å².